The molecule has 1 aromatic carbocycles. The van der Waals surface area contributed by atoms with Gasteiger partial charge in [0.25, 0.3) is 0 Å². The molecule has 3 rings (SSSR count). The lowest BCUT2D eigenvalue weighted by molar-refractivity contribution is 0.223. The minimum atomic E-state index is -0.877. The van der Waals surface area contributed by atoms with Gasteiger partial charge in [0.15, 0.2) is 0 Å². The van der Waals surface area contributed by atoms with E-state index in [1.54, 1.807) is 11.3 Å². The number of alkyl halides is 1. The maximum atomic E-state index is 14.6. The maximum Gasteiger partial charge on any atom is 0.142 e. The highest BCUT2D eigenvalue weighted by molar-refractivity contribution is 7.17. The Labute approximate surface area is 105 Å². The number of hydrogen-bond acceptors (Lipinski definition) is 2. The van der Waals surface area contributed by atoms with Crippen molar-refractivity contribution in [1.82, 2.24) is 5.32 Å². The summed E-state index contributed by atoms with van der Waals surface area (Å²) in [5.41, 5.74) is 0.858. The molecule has 2 unspecified atom stereocenters. The van der Waals surface area contributed by atoms with Crippen LogP contribution in [0.2, 0.25) is 0 Å². The lowest BCUT2D eigenvalue weighted by Gasteiger charge is -2.27. The molecule has 90 valence electrons. The van der Waals surface area contributed by atoms with Gasteiger partial charge in [0.2, 0.25) is 0 Å². The van der Waals surface area contributed by atoms with Gasteiger partial charge in [-0.15, -0.1) is 11.3 Å². The van der Waals surface area contributed by atoms with Crippen LogP contribution in [0, 0.1) is 0 Å². The van der Waals surface area contributed by atoms with Gasteiger partial charge in [-0.3, -0.25) is 0 Å². The number of benzene rings is 1. The van der Waals surface area contributed by atoms with Crippen LogP contribution in [0.15, 0.2) is 29.6 Å². The number of nitrogens with one attached hydrogen (secondary N) is 1. The standard InChI is InChI=1S/C14H16FNS/c15-13(12-6-1-2-8-16-12)11-5-3-4-10-7-9-17-14(10)11/h3-5,7,9,12-13,16H,1-2,6,8H2. The largest absolute Gasteiger partial charge is 0.311 e. The van der Waals surface area contributed by atoms with E-state index in [-0.39, 0.29) is 6.04 Å². The predicted molar refractivity (Wildman–Crippen MR) is 71.3 cm³/mol. The van der Waals surface area contributed by atoms with E-state index in [4.69, 9.17) is 0 Å². The van der Waals surface area contributed by atoms with Gasteiger partial charge in [0.05, 0.1) is 0 Å². The van der Waals surface area contributed by atoms with Crippen molar-refractivity contribution in [3.8, 4) is 0 Å². The summed E-state index contributed by atoms with van der Waals surface area (Å²) >= 11 is 1.64. The highest BCUT2D eigenvalue weighted by Crippen LogP contribution is 2.34. The highest BCUT2D eigenvalue weighted by atomic mass is 32.1. The van der Waals surface area contributed by atoms with Crippen LogP contribution in [0.5, 0.6) is 0 Å². The fourth-order valence-electron chi connectivity index (χ4n) is 2.58. The first-order valence-corrected chi connectivity index (χ1v) is 7.08. The summed E-state index contributed by atoms with van der Waals surface area (Å²) in [6.07, 6.45) is 2.38. The van der Waals surface area contributed by atoms with Gasteiger partial charge >= 0.3 is 0 Å². The second-order valence-electron chi connectivity index (χ2n) is 4.64. The summed E-state index contributed by atoms with van der Waals surface area (Å²) in [5.74, 6) is 0. The van der Waals surface area contributed by atoms with E-state index in [2.05, 4.69) is 17.4 Å². The van der Waals surface area contributed by atoms with Gasteiger partial charge in [0.1, 0.15) is 6.17 Å². The Morgan fingerprint density at radius 2 is 2.24 bits per heavy atom. The first-order valence-electron chi connectivity index (χ1n) is 6.20. The second-order valence-corrected chi connectivity index (χ2v) is 5.56. The van der Waals surface area contributed by atoms with Crippen LogP contribution in [0.1, 0.15) is 31.0 Å². The van der Waals surface area contributed by atoms with Gasteiger partial charge < -0.3 is 5.32 Å². The van der Waals surface area contributed by atoms with E-state index in [9.17, 15) is 4.39 Å². The molecule has 1 aromatic heterocycles. The Bertz CT molecular complexity index is 502. The van der Waals surface area contributed by atoms with E-state index in [1.165, 1.54) is 6.42 Å². The van der Waals surface area contributed by atoms with Crippen molar-refractivity contribution < 1.29 is 4.39 Å². The summed E-state index contributed by atoms with van der Waals surface area (Å²) in [6, 6.07) is 8.00. The van der Waals surface area contributed by atoms with Crippen LogP contribution in [0.4, 0.5) is 4.39 Å². The number of halogens is 1. The molecule has 0 aliphatic carbocycles. The molecule has 0 spiro atoms. The molecule has 0 amide bonds. The minimum Gasteiger partial charge on any atom is -0.311 e. The van der Waals surface area contributed by atoms with Crippen molar-refractivity contribution in [2.45, 2.75) is 31.5 Å². The number of hydrogen-bond donors (Lipinski definition) is 1. The average Bonchev–Trinajstić information content (AvgIpc) is 2.87. The third kappa shape index (κ3) is 2.09. The number of fused-ring (bicyclic) bond motifs is 1. The van der Waals surface area contributed by atoms with E-state index >= 15 is 0 Å². The van der Waals surface area contributed by atoms with Crippen LogP contribution in [0.25, 0.3) is 10.1 Å². The first kappa shape index (κ1) is 11.2. The van der Waals surface area contributed by atoms with Crippen molar-refractivity contribution in [2.24, 2.45) is 0 Å². The van der Waals surface area contributed by atoms with E-state index < -0.39 is 6.17 Å². The SMILES string of the molecule is FC(c1cccc2ccsc12)C1CCCCN1. The molecule has 1 N–H and O–H groups in total. The van der Waals surface area contributed by atoms with Crippen molar-refractivity contribution in [3.05, 3.63) is 35.2 Å². The Hall–Kier alpha value is -0.930. The number of thiophene rings is 1. The maximum absolute atomic E-state index is 14.6. The molecule has 1 nitrogen and oxygen atoms in total. The Morgan fingerprint density at radius 1 is 1.29 bits per heavy atom. The third-order valence-electron chi connectivity index (χ3n) is 3.51. The summed E-state index contributed by atoms with van der Waals surface area (Å²) in [6.45, 7) is 0.950. The molecule has 1 saturated heterocycles. The predicted octanol–water partition coefficient (Wildman–Crippen LogP) is 4.05. The van der Waals surface area contributed by atoms with E-state index in [1.807, 2.05) is 17.5 Å². The average molecular weight is 249 g/mol. The molecular weight excluding hydrogens is 233 g/mol. The fraction of sp³-hybridized carbons (Fsp3) is 0.429. The third-order valence-corrected chi connectivity index (χ3v) is 4.49. The summed E-state index contributed by atoms with van der Waals surface area (Å²) < 4.78 is 15.7. The Kier molecular flexibility index (Phi) is 3.12. The minimum absolute atomic E-state index is 0.00329. The Balaban J connectivity index is 1.94. The molecule has 2 aromatic rings. The Morgan fingerprint density at radius 3 is 3.06 bits per heavy atom. The van der Waals surface area contributed by atoms with Crippen LogP contribution in [-0.4, -0.2) is 12.6 Å². The zero-order valence-corrected chi connectivity index (χ0v) is 10.5. The van der Waals surface area contributed by atoms with Gasteiger partial charge in [-0.25, -0.2) is 4.39 Å². The second kappa shape index (κ2) is 4.75. The highest BCUT2D eigenvalue weighted by Gasteiger charge is 2.25. The molecule has 2 heterocycles. The van der Waals surface area contributed by atoms with Crippen molar-refractivity contribution in [2.75, 3.05) is 6.54 Å². The molecule has 1 aliphatic heterocycles. The van der Waals surface area contributed by atoms with E-state index in [0.29, 0.717) is 0 Å². The summed E-state index contributed by atoms with van der Waals surface area (Å²) in [5, 5.41) is 6.50. The molecule has 1 fully saturated rings. The molecule has 0 radical (unpaired) electrons. The smallest absolute Gasteiger partial charge is 0.142 e. The molecule has 1 aliphatic rings. The van der Waals surface area contributed by atoms with Crippen molar-refractivity contribution >= 4 is 21.4 Å². The zero-order chi connectivity index (χ0) is 11.7. The summed E-state index contributed by atoms with van der Waals surface area (Å²) in [7, 11) is 0. The lowest BCUT2D eigenvalue weighted by Crippen LogP contribution is -2.37. The molecule has 2 atom stereocenters. The van der Waals surface area contributed by atoms with E-state index in [0.717, 1.165) is 35.0 Å². The normalized spacial score (nSPS) is 22.8. The molecule has 17 heavy (non-hydrogen) atoms. The lowest BCUT2D eigenvalue weighted by atomic mass is 9.95. The van der Waals surface area contributed by atoms with Crippen LogP contribution in [0.3, 0.4) is 0 Å². The number of rotatable bonds is 2. The van der Waals surface area contributed by atoms with Crippen molar-refractivity contribution in [1.29, 1.82) is 0 Å². The van der Waals surface area contributed by atoms with Gasteiger partial charge in [-0.05, 0) is 36.2 Å². The van der Waals surface area contributed by atoms with Crippen molar-refractivity contribution in [3.63, 3.8) is 0 Å². The van der Waals surface area contributed by atoms with Crippen LogP contribution >= 0.6 is 11.3 Å². The molecule has 3 heteroatoms. The first-order chi connectivity index (χ1) is 8.36. The van der Waals surface area contributed by atoms with Gasteiger partial charge in [-0.1, -0.05) is 24.6 Å². The molecule has 0 saturated carbocycles. The molecule has 0 bridgehead atoms. The van der Waals surface area contributed by atoms with Crippen LogP contribution in [-0.2, 0) is 0 Å². The fourth-order valence-corrected chi connectivity index (χ4v) is 3.52. The topological polar surface area (TPSA) is 12.0 Å². The quantitative estimate of drug-likeness (QED) is 0.846. The summed E-state index contributed by atoms with van der Waals surface area (Å²) in [4.78, 5) is 0. The zero-order valence-electron chi connectivity index (χ0n) is 9.66. The van der Waals surface area contributed by atoms with Gasteiger partial charge in [0, 0.05) is 16.3 Å². The monoisotopic (exact) mass is 249 g/mol. The number of piperidine rings is 1. The van der Waals surface area contributed by atoms with Gasteiger partial charge in [-0.2, -0.15) is 0 Å². The molecular formula is C14H16FNS. The van der Waals surface area contributed by atoms with Crippen LogP contribution < -0.4 is 5.32 Å².